The van der Waals surface area contributed by atoms with Gasteiger partial charge in [0.2, 0.25) is 0 Å². The van der Waals surface area contributed by atoms with Gasteiger partial charge in [-0.25, -0.2) is 0 Å². The van der Waals surface area contributed by atoms with E-state index in [9.17, 15) is 30.0 Å². The van der Waals surface area contributed by atoms with Crippen molar-refractivity contribution in [2.24, 2.45) is 45.3 Å². The zero-order valence-electron chi connectivity index (χ0n) is 46.5. The van der Waals surface area contributed by atoms with Crippen LogP contribution in [0.4, 0.5) is 0 Å². The molecule has 4 rings (SSSR count). The van der Waals surface area contributed by atoms with E-state index in [1.54, 1.807) is 0 Å². The topological polar surface area (TPSA) is 124 Å². The van der Waals surface area contributed by atoms with E-state index < -0.39 is 22.8 Å². The maximum atomic E-state index is 14.3. The number of carbonyl (C=O) groups excluding carboxylic acids is 2. The Balaban J connectivity index is 1.65. The Hall–Kier alpha value is -4.14. The van der Waals surface area contributed by atoms with E-state index in [0.29, 0.717) is 0 Å². The van der Waals surface area contributed by atoms with E-state index in [4.69, 9.17) is 4.74 Å². The molecular weight excluding hydrogens is 881 g/mol. The Morgan fingerprint density at radius 1 is 0.352 bits per heavy atom. The SMILES string of the molecule is CC(CC(=O)OC(=O)CC(C)(c1ccc(CCC(CO)C(C)(C)C)cc1)c1ccc(CCC(CO)C(C)(C)C)cc1)(c1ccc(CCC(CO)C(C)(C)C)cc1)c1ccc(CCC(CO)C(C)(C)C)cc1. The molecule has 0 bridgehead atoms. The second-order valence-corrected chi connectivity index (χ2v) is 25.8. The summed E-state index contributed by atoms with van der Waals surface area (Å²) >= 11 is 0. The summed E-state index contributed by atoms with van der Waals surface area (Å²) in [6.07, 6.45) is 6.60. The van der Waals surface area contributed by atoms with Gasteiger partial charge in [0.15, 0.2) is 0 Å². The number of carbonyl (C=O) groups is 2. The van der Waals surface area contributed by atoms with E-state index in [2.05, 4.69) is 180 Å². The van der Waals surface area contributed by atoms with Crippen molar-refractivity contribution in [1.82, 2.24) is 0 Å². The van der Waals surface area contributed by atoms with Gasteiger partial charge in [0.25, 0.3) is 0 Å². The molecule has 4 aromatic carbocycles. The van der Waals surface area contributed by atoms with Crippen molar-refractivity contribution < 1.29 is 34.8 Å². The second kappa shape index (κ2) is 25.2. The van der Waals surface area contributed by atoms with E-state index in [1.165, 1.54) is 0 Å². The molecule has 4 aromatic rings. The van der Waals surface area contributed by atoms with Crippen LogP contribution in [0.25, 0.3) is 0 Å². The van der Waals surface area contributed by atoms with Gasteiger partial charge < -0.3 is 25.2 Å². The first-order valence-corrected chi connectivity index (χ1v) is 26.6. The summed E-state index contributed by atoms with van der Waals surface area (Å²) in [6.45, 7) is 30.6. The van der Waals surface area contributed by atoms with Crippen LogP contribution in [0.1, 0.15) is 180 Å². The van der Waals surface area contributed by atoms with Gasteiger partial charge in [-0.3, -0.25) is 9.59 Å². The predicted octanol–water partition coefficient (Wildman–Crippen LogP) is 13.2. The van der Waals surface area contributed by atoms with Gasteiger partial charge in [-0.05, 0) is 141 Å². The van der Waals surface area contributed by atoms with Crippen molar-refractivity contribution in [2.45, 2.75) is 172 Å². The minimum atomic E-state index is -0.828. The van der Waals surface area contributed by atoms with Gasteiger partial charge >= 0.3 is 11.9 Å². The third-order valence-corrected chi connectivity index (χ3v) is 16.5. The molecule has 7 nitrogen and oxygen atoms in total. The van der Waals surface area contributed by atoms with E-state index in [-0.39, 0.29) is 84.6 Å². The first-order chi connectivity index (χ1) is 33.1. The van der Waals surface area contributed by atoms with E-state index >= 15 is 0 Å². The minimum Gasteiger partial charge on any atom is -0.396 e. The first-order valence-electron chi connectivity index (χ1n) is 26.6. The lowest BCUT2D eigenvalue weighted by Crippen LogP contribution is -2.32. The fourth-order valence-corrected chi connectivity index (χ4v) is 10.2. The number of rotatable bonds is 24. The fourth-order valence-electron chi connectivity index (χ4n) is 10.2. The zero-order valence-corrected chi connectivity index (χ0v) is 46.5. The summed E-state index contributed by atoms with van der Waals surface area (Å²) in [6, 6.07) is 33.6. The van der Waals surface area contributed by atoms with Gasteiger partial charge in [-0.15, -0.1) is 0 Å². The summed E-state index contributed by atoms with van der Waals surface area (Å²) in [5.41, 5.74) is 6.67. The van der Waals surface area contributed by atoms with Crippen LogP contribution in [0.15, 0.2) is 97.1 Å². The highest BCUT2D eigenvalue weighted by Crippen LogP contribution is 2.40. The summed E-state index contributed by atoms with van der Waals surface area (Å²) in [4.78, 5) is 28.7. The zero-order chi connectivity index (χ0) is 53.0. The maximum Gasteiger partial charge on any atom is 0.314 e. The second-order valence-electron chi connectivity index (χ2n) is 25.8. The molecule has 4 unspecified atom stereocenters. The normalized spacial score (nSPS) is 16.1. The van der Waals surface area contributed by atoms with Crippen molar-refractivity contribution >= 4 is 11.9 Å². The van der Waals surface area contributed by atoms with Gasteiger partial charge in [0.1, 0.15) is 0 Å². The summed E-state index contributed by atoms with van der Waals surface area (Å²) < 4.78 is 5.89. The van der Waals surface area contributed by atoms with Crippen molar-refractivity contribution in [3.05, 3.63) is 142 Å². The smallest absolute Gasteiger partial charge is 0.314 e. The lowest BCUT2D eigenvalue weighted by molar-refractivity contribution is -0.160. The number of hydrogen-bond acceptors (Lipinski definition) is 7. The summed E-state index contributed by atoms with van der Waals surface area (Å²) in [7, 11) is 0. The molecule has 0 heterocycles. The molecular formula is C64H94O7. The van der Waals surface area contributed by atoms with Crippen molar-refractivity contribution in [3.63, 3.8) is 0 Å². The van der Waals surface area contributed by atoms with Crippen molar-refractivity contribution in [2.75, 3.05) is 26.4 Å². The number of aliphatic hydroxyl groups is 4. The predicted molar refractivity (Wildman–Crippen MR) is 292 cm³/mol. The molecule has 392 valence electrons. The van der Waals surface area contributed by atoms with Crippen LogP contribution in [0, 0.1) is 45.3 Å². The Kier molecular flexibility index (Phi) is 21.1. The van der Waals surface area contributed by atoms with Crippen molar-refractivity contribution in [1.29, 1.82) is 0 Å². The maximum absolute atomic E-state index is 14.3. The number of aryl methyl sites for hydroxylation is 4. The first kappa shape index (κ1) is 59.4. The molecule has 0 saturated carbocycles. The molecule has 0 aliphatic carbocycles. The Morgan fingerprint density at radius 3 is 0.690 bits per heavy atom. The van der Waals surface area contributed by atoms with Crippen LogP contribution in [-0.4, -0.2) is 58.8 Å². The standard InChI is InChI=1S/C64H94O7/c1-59(2,3)53(41-65)35-23-45-15-27-49(28-16-45)63(13,50-29-17-46(18-30-50)24-36-54(42-66)60(4,5)6)39-57(69)71-58(70)40-64(14,51-31-19-47(20-32-51)25-37-55(43-67)61(7,8)9)52-33-21-48(22-34-52)26-38-56(44-68)62(10,11)12/h15-22,27-34,53-56,65-68H,23-26,35-44H2,1-14H3. The quantitative estimate of drug-likeness (QED) is 0.0407. The van der Waals surface area contributed by atoms with Crippen LogP contribution in [-0.2, 0) is 50.8 Å². The van der Waals surface area contributed by atoms with Crippen LogP contribution >= 0.6 is 0 Å². The third-order valence-electron chi connectivity index (χ3n) is 16.5. The number of aliphatic hydroxyl groups excluding tert-OH is 4. The highest BCUT2D eigenvalue weighted by molar-refractivity contribution is 5.87. The average Bonchev–Trinajstić information content (AvgIpc) is 3.28. The summed E-state index contributed by atoms with van der Waals surface area (Å²) in [5, 5.41) is 40.5. The molecule has 0 aliphatic rings. The Morgan fingerprint density at radius 2 is 0.535 bits per heavy atom. The molecule has 0 amide bonds. The summed E-state index contributed by atoms with van der Waals surface area (Å²) in [5.74, 6) is -0.517. The van der Waals surface area contributed by atoms with Crippen molar-refractivity contribution in [3.8, 4) is 0 Å². The van der Waals surface area contributed by atoms with Crippen LogP contribution in [0.5, 0.6) is 0 Å². The van der Waals surface area contributed by atoms with E-state index in [0.717, 1.165) is 95.9 Å². The van der Waals surface area contributed by atoms with E-state index in [1.807, 2.05) is 13.8 Å². The Labute approximate surface area is 430 Å². The molecule has 71 heavy (non-hydrogen) atoms. The van der Waals surface area contributed by atoms with Crippen LogP contribution in [0.3, 0.4) is 0 Å². The molecule has 7 heteroatoms. The number of ether oxygens (including phenoxy) is 1. The number of benzene rings is 4. The molecule has 0 saturated heterocycles. The van der Waals surface area contributed by atoms with Gasteiger partial charge in [-0.1, -0.05) is 194 Å². The molecule has 0 aromatic heterocycles. The highest BCUT2D eigenvalue weighted by atomic mass is 16.6. The minimum absolute atomic E-state index is 0.00966. The molecule has 0 spiro atoms. The molecule has 0 radical (unpaired) electrons. The largest absolute Gasteiger partial charge is 0.396 e. The molecule has 4 atom stereocenters. The van der Waals surface area contributed by atoms with Gasteiger partial charge in [-0.2, -0.15) is 0 Å². The lowest BCUT2D eigenvalue weighted by atomic mass is 9.72. The number of hydrogen-bond donors (Lipinski definition) is 4. The molecule has 0 aliphatic heterocycles. The Bertz CT molecular complexity index is 1930. The monoisotopic (exact) mass is 975 g/mol. The van der Waals surface area contributed by atoms with Gasteiger partial charge in [0.05, 0.1) is 12.8 Å². The highest BCUT2D eigenvalue weighted by Gasteiger charge is 2.37. The number of esters is 2. The molecule has 4 N–H and O–H groups in total. The van der Waals surface area contributed by atoms with Crippen LogP contribution in [0.2, 0.25) is 0 Å². The molecule has 0 fully saturated rings. The van der Waals surface area contributed by atoms with Crippen LogP contribution < -0.4 is 0 Å². The lowest BCUT2D eigenvalue weighted by Gasteiger charge is -2.32. The fraction of sp³-hybridized carbons (Fsp3) is 0.594. The average molecular weight is 975 g/mol. The van der Waals surface area contributed by atoms with Gasteiger partial charge in [0, 0.05) is 37.3 Å². The third kappa shape index (κ3) is 17.0.